The smallest absolute Gasteiger partial charge is 0.278 e. The van der Waals surface area contributed by atoms with Crippen LogP contribution < -0.4 is 16.2 Å². The van der Waals surface area contributed by atoms with E-state index in [0.29, 0.717) is 51.1 Å². The van der Waals surface area contributed by atoms with Crippen molar-refractivity contribution in [1.29, 1.82) is 0 Å². The van der Waals surface area contributed by atoms with E-state index in [1.807, 2.05) is 18.2 Å². The third-order valence-corrected chi connectivity index (χ3v) is 6.91. The first-order chi connectivity index (χ1) is 17.4. The Balaban J connectivity index is 1.54. The van der Waals surface area contributed by atoms with E-state index in [1.165, 1.54) is 6.20 Å². The molecule has 0 aliphatic carbocycles. The Kier molecular flexibility index (Phi) is 6.95. The fourth-order valence-corrected chi connectivity index (χ4v) is 4.59. The Morgan fingerprint density at radius 2 is 1.94 bits per heavy atom. The summed E-state index contributed by atoms with van der Waals surface area (Å²) in [4.78, 5) is 29.4. The second kappa shape index (κ2) is 10.3. The van der Waals surface area contributed by atoms with Gasteiger partial charge in [0.25, 0.3) is 5.56 Å². The highest BCUT2D eigenvalue weighted by Gasteiger charge is 2.20. The van der Waals surface area contributed by atoms with E-state index >= 15 is 0 Å². The maximum absolute atomic E-state index is 13.2. The van der Waals surface area contributed by atoms with Gasteiger partial charge in [0, 0.05) is 17.9 Å². The molecule has 36 heavy (non-hydrogen) atoms. The zero-order valence-corrected chi connectivity index (χ0v) is 21.3. The number of fused-ring (bicyclic) bond motifs is 1. The third-order valence-electron chi connectivity index (χ3n) is 6.18. The van der Waals surface area contributed by atoms with Gasteiger partial charge < -0.3 is 15.5 Å². The third kappa shape index (κ3) is 4.95. The first kappa shape index (κ1) is 24.3. The zero-order chi connectivity index (χ0) is 25.2. The summed E-state index contributed by atoms with van der Waals surface area (Å²) in [5.74, 6) is 1.64. The lowest BCUT2D eigenvalue weighted by molar-refractivity contribution is 0.263. The number of anilines is 3. The van der Waals surface area contributed by atoms with Gasteiger partial charge in [-0.1, -0.05) is 35.3 Å². The van der Waals surface area contributed by atoms with Crippen LogP contribution in [0.15, 0.2) is 60.0 Å². The minimum atomic E-state index is -0.221. The highest BCUT2D eigenvalue weighted by atomic mass is 35.5. The van der Waals surface area contributed by atoms with E-state index in [1.54, 1.807) is 33.6 Å². The van der Waals surface area contributed by atoms with Crippen LogP contribution >= 0.6 is 23.2 Å². The Bertz CT molecular complexity index is 1470. The number of hydrogen-bond acceptors (Lipinski definition) is 7. The SMILES string of the molecule is C=CCn1c(=O)c2cnc(Nc3ccc(Cl)c(Cl)c3)nc2n1-c1cccc(NC2CCN(C)CC2)n1. The number of pyridine rings is 1. The lowest BCUT2D eigenvalue weighted by Gasteiger charge is -2.29. The van der Waals surface area contributed by atoms with Gasteiger partial charge in [-0.05, 0) is 63.3 Å². The fourth-order valence-electron chi connectivity index (χ4n) is 4.30. The van der Waals surface area contributed by atoms with Crippen LogP contribution in [0.1, 0.15) is 12.8 Å². The molecule has 1 fully saturated rings. The number of halogens is 2. The van der Waals surface area contributed by atoms with E-state index in [9.17, 15) is 4.79 Å². The molecule has 1 aliphatic rings. The molecule has 4 aromatic rings. The minimum Gasteiger partial charge on any atom is -0.367 e. The molecule has 0 unspecified atom stereocenters. The van der Waals surface area contributed by atoms with Gasteiger partial charge in [0.15, 0.2) is 11.5 Å². The van der Waals surface area contributed by atoms with Crippen LogP contribution in [-0.4, -0.2) is 55.4 Å². The number of nitrogens with zero attached hydrogens (tertiary/aromatic N) is 6. The molecule has 1 saturated heterocycles. The number of nitrogens with one attached hydrogen (secondary N) is 2. The van der Waals surface area contributed by atoms with E-state index in [-0.39, 0.29) is 5.56 Å². The Labute approximate surface area is 218 Å². The molecule has 9 nitrogen and oxygen atoms in total. The molecular formula is C25H26Cl2N8O. The highest BCUT2D eigenvalue weighted by molar-refractivity contribution is 6.42. The maximum Gasteiger partial charge on any atom is 0.278 e. The number of allylic oxidation sites excluding steroid dienone is 1. The molecule has 0 atom stereocenters. The largest absolute Gasteiger partial charge is 0.367 e. The number of benzene rings is 1. The van der Waals surface area contributed by atoms with Crippen molar-refractivity contribution in [3.63, 3.8) is 0 Å². The summed E-state index contributed by atoms with van der Waals surface area (Å²) in [5.41, 5.74) is 0.885. The fraction of sp³-hybridized carbons (Fsp3) is 0.280. The van der Waals surface area contributed by atoms with Gasteiger partial charge >= 0.3 is 0 Å². The second-order valence-electron chi connectivity index (χ2n) is 8.78. The molecule has 2 N–H and O–H groups in total. The van der Waals surface area contributed by atoms with Crippen LogP contribution in [0.25, 0.3) is 16.9 Å². The van der Waals surface area contributed by atoms with Crippen LogP contribution in [0.5, 0.6) is 0 Å². The van der Waals surface area contributed by atoms with Crippen molar-refractivity contribution in [2.24, 2.45) is 0 Å². The molecule has 3 aromatic heterocycles. The molecule has 0 radical (unpaired) electrons. The quantitative estimate of drug-likeness (QED) is 0.338. The van der Waals surface area contributed by atoms with Gasteiger partial charge in [-0.25, -0.2) is 19.3 Å². The molecule has 0 spiro atoms. The van der Waals surface area contributed by atoms with E-state index < -0.39 is 0 Å². The Hall–Kier alpha value is -3.40. The summed E-state index contributed by atoms with van der Waals surface area (Å²) < 4.78 is 3.26. The maximum atomic E-state index is 13.2. The van der Waals surface area contributed by atoms with Crippen molar-refractivity contribution in [3.8, 4) is 5.82 Å². The van der Waals surface area contributed by atoms with Crippen LogP contribution in [0, 0.1) is 0 Å². The van der Waals surface area contributed by atoms with E-state index in [4.69, 9.17) is 28.2 Å². The lowest BCUT2D eigenvalue weighted by Crippen LogP contribution is -2.36. The number of hydrogen-bond donors (Lipinski definition) is 2. The first-order valence-corrected chi connectivity index (χ1v) is 12.4. The number of aromatic nitrogens is 5. The topological polar surface area (TPSA) is 92.9 Å². The van der Waals surface area contributed by atoms with Crippen LogP contribution in [0.2, 0.25) is 10.0 Å². The number of likely N-dealkylation sites (tertiary alicyclic amines) is 1. The van der Waals surface area contributed by atoms with Crippen LogP contribution in [0.3, 0.4) is 0 Å². The van der Waals surface area contributed by atoms with Gasteiger partial charge in [-0.15, -0.1) is 6.58 Å². The van der Waals surface area contributed by atoms with Gasteiger partial charge in [0.2, 0.25) is 5.95 Å². The van der Waals surface area contributed by atoms with Crippen LogP contribution in [0.4, 0.5) is 17.5 Å². The highest BCUT2D eigenvalue weighted by Crippen LogP contribution is 2.27. The first-order valence-electron chi connectivity index (χ1n) is 11.7. The zero-order valence-electron chi connectivity index (χ0n) is 19.8. The summed E-state index contributed by atoms with van der Waals surface area (Å²) in [6.45, 7) is 6.19. The molecule has 0 amide bonds. The number of rotatable bonds is 7. The molecule has 0 bridgehead atoms. The minimum absolute atomic E-state index is 0.221. The van der Waals surface area contributed by atoms with Crippen molar-refractivity contribution in [1.82, 2.24) is 29.2 Å². The summed E-state index contributed by atoms with van der Waals surface area (Å²) in [7, 11) is 2.14. The van der Waals surface area contributed by atoms with Crippen molar-refractivity contribution in [3.05, 3.63) is 75.6 Å². The predicted molar refractivity (Wildman–Crippen MR) is 145 cm³/mol. The molecular weight excluding hydrogens is 499 g/mol. The summed E-state index contributed by atoms with van der Waals surface area (Å²) in [6.07, 6.45) is 5.28. The summed E-state index contributed by atoms with van der Waals surface area (Å²) >= 11 is 12.2. The molecule has 5 rings (SSSR count). The van der Waals surface area contributed by atoms with Crippen molar-refractivity contribution >= 4 is 51.7 Å². The molecule has 1 aliphatic heterocycles. The lowest BCUT2D eigenvalue weighted by atomic mass is 10.1. The van der Waals surface area contributed by atoms with Crippen molar-refractivity contribution < 1.29 is 0 Å². The van der Waals surface area contributed by atoms with Gasteiger partial charge in [0.05, 0.1) is 16.6 Å². The second-order valence-corrected chi connectivity index (χ2v) is 9.59. The van der Waals surface area contributed by atoms with Gasteiger partial charge in [-0.3, -0.25) is 4.79 Å². The Morgan fingerprint density at radius 3 is 2.69 bits per heavy atom. The molecule has 1 aromatic carbocycles. The van der Waals surface area contributed by atoms with E-state index in [0.717, 1.165) is 31.7 Å². The molecule has 4 heterocycles. The van der Waals surface area contributed by atoms with Crippen molar-refractivity contribution in [2.75, 3.05) is 30.8 Å². The van der Waals surface area contributed by atoms with E-state index in [2.05, 4.69) is 39.1 Å². The number of piperidine rings is 1. The monoisotopic (exact) mass is 524 g/mol. The molecule has 186 valence electrons. The average Bonchev–Trinajstić information content (AvgIpc) is 3.14. The summed E-state index contributed by atoms with van der Waals surface area (Å²) in [5, 5.41) is 7.92. The van der Waals surface area contributed by atoms with Crippen LogP contribution in [-0.2, 0) is 6.54 Å². The predicted octanol–water partition coefficient (Wildman–Crippen LogP) is 4.72. The van der Waals surface area contributed by atoms with Gasteiger partial charge in [-0.2, -0.15) is 4.98 Å². The Morgan fingerprint density at radius 1 is 1.14 bits per heavy atom. The normalized spacial score (nSPS) is 14.8. The summed E-state index contributed by atoms with van der Waals surface area (Å²) in [6, 6.07) is 11.2. The average molecular weight is 525 g/mol. The molecule has 11 heteroatoms. The van der Waals surface area contributed by atoms with Crippen molar-refractivity contribution in [2.45, 2.75) is 25.4 Å². The standard InChI is InChI=1S/C25H26Cl2N8O/c1-3-11-34-24(36)18-15-28-25(30-17-7-8-19(26)20(27)14-17)32-23(18)35(34)22-6-4-5-21(31-22)29-16-9-12-33(2)13-10-16/h3-8,14-16H,1,9-13H2,2H3,(H,29,31)(H,28,30,32). The molecule has 0 saturated carbocycles. The van der Waals surface area contributed by atoms with Gasteiger partial charge in [0.1, 0.15) is 11.2 Å².